The number of rotatable bonds is 8. The average molecular weight is 584 g/mol. The highest BCUT2D eigenvalue weighted by Gasteiger charge is 2.33. The Kier molecular flexibility index (Phi) is 8.68. The summed E-state index contributed by atoms with van der Waals surface area (Å²) in [6.07, 6.45) is 1.72. The topological polar surface area (TPSA) is 77.4 Å². The molecule has 4 rings (SSSR count). The van der Waals surface area contributed by atoms with Crippen molar-refractivity contribution in [2.45, 2.75) is 13.5 Å². The second kappa shape index (κ2) is 12.1. The minimum absolute atomic E-state index is 0.0167. The molecule has 0 saturated carbocycles. The normalized spacial score (nSPS) is 15.4. The highest BCUT2D eigenvalue weighted by atomic mass is 79.9. The van der Waals surface area contributed by atoms with E-state index in [9.17, 15) is 14.3 Å². The fourth-order valence-corrected chi connectivity index (χ4v) is 5.12. The van der Waals surface area contributed by atoms with E-state index in [1.807, 2.05) is 18.2 Å². The van der Waals surface area contributed by atoms with Crippen LogP contribution in [0.1, 0.15) is 18.1 Å². The van der Waals surface area contributed by atoms with E-state index in [-0.39, 0.29) is 30.4 Å². The van der Waals surface area contributed by atoms with E-state index in [2.05, 4.69) is 20.9 Å². The van der Waals surface area contributed by atoms with Gasteiger partial charge in [-0.2, -0.15) is 0 Å². The number of hydrogen-bond acceptors (Lipinski definition) is 7. The van der Waals surface area contributed by atoms with Gasteiger partial charge in [-0.3, -0.25) is 0 Å². The van der Waals surface area contributed by atoms with Crippen molar-refractivity contribution in [1.82, 2.24) is 0 Å². The van der Waals surface area contributed by atoms with Crippen molar-refractivity contribution in [3.05, 3.63) is 104 Å². The molecule has 9 heteroatoms. The van der Waals surface area contributed by atoms with Crippen molar-refractivity contribution in [3.8, 4) is 11.5 Å². The number of thioether (sulfide) groups is 1. The molecule has 190 valence electrons. The van der Waals surface area contributed by atoms with Gasteiger partial charge in [-0.25, -0.2) is 14.2 Å². The lowest BCUT2D eigenvalue weighted by molar-refractivity contribution is -0.138. The Morgan fingerprint density at radius 2 is 1.92 bits per heavy atom. The van der Waals surface area contributed by atoms with E-state index >= 15 is 0 Å². The van der Waals surface area contributed by atoms with Crippen LogP contribution in [0, 0.1) is 5.82 Å². The van der Waals surface area contributed by atoms with E-state index in [1.54, 1.807) is 49.4 Å². The van der Waals surface area contributed by atoms with Gasteiger partial charge in [0.15, 0.2) is 11.5 Å². The smallest absolute Gasteiger partial charge is 0.344 e. The second-order valence-electron chi connectivity index (χ2n) is 7.76. The summed E-state index contributed by atoms with van der Waals surface area (Å²) in [5, 5.41) is 11.3. The monoisotopic (exact) mass is 583 g/mol. The summed E-state index contributed by atoms with van der Waals surface area (Å²) in [4.78, 5) is 17.6. The van der Waals surface area contributed by atoms with Crippen LogP contribution in [0.25, 0.3) is 6.08 Å². The number of para-hydroxylation sites is 1. The molecule has 1 N–H and O–H groups in total. The van der Waals surface area contributed by atoms with Gasteiger partial charge in [0, 0.05) is 0 Å². The highest BCUT2D eigenvalue weighted by Crippen LogP contribution is 2.42. The second-order valence-corrected chi connectivity index (χ2v) is 9.64. The van der Waals surface area contributed by atoms with Crippen LogP contribution in [0.3, 0.4) is 0 Å². The quantitative estimate of drug-likeness (QED) is 0.279. The number of esters is 1. The van der Waals surface area contributed by atoms with Gasteiger partial charge >= 0.3 is 5.97 Å². The van der Waals surface area contributed by atoms with E-state index in [0.29, 0.717) is 42.7 Å². The van der Waals surface area contributed by atoms with Crippen LogP contribution in [0.15, 0.2) is 92.4 Å². The molecule has 0 aromatic heterocycles. The summed E-state index contributed by atoms with van der Waals surface area (Å²) in [7, 11) is 1.51. The summed E-state index contributed by atoms with van der Waals surface area (Å²) >= 11 is 4.68. The summed E-state index contributed by atoms with van der Waals surface area (Å²) in [5.41, 5.74) is 2.02. The van der Waals surface area contributed by atoms with Gasteiger partial charge in [0.25, 0.3) is 0 Å². The number of carbonyl (C=O) groups is 1. The van der Waals surface area contributed by atoms with Crippen molar-refractivity contribution < 1.29 is 28.5 Å². The summed E-state index contributed by atoms with van der Waals surface area (Å²) < 4.78 is 30.7. The largest absolute Gasteiger partial charge is 0.506 e. The minimum atomic E-state index is -0.648. The Morgan fingerprint density at radius 3 is 2.62 bits per heavy atom. The zero-order valence-electron chi connectivity index (χ0n) is 20.0. The van der Waals surface area contributed by atoms with Gasteiger partial charge in [0.1, 0.15) is 28.8 Å². The van der Waals surface area contributed by atoms with Gasteiger partial charge in [-0.1, -0.05) is 42.1 Å². The molecule has 1 heterocycles. The van der Waals surface area contributed by atoms with Crippen LogP contribution in [-0.2, 0) is 16.1 Å². The number of aliphatic hydroxyl groups is 1. The van der Waals surface area contributed by atoms with Crippen molar-refractivity contribution in [2.24, 2.45) is 4.99 Å². The average Bonchev–Trinajstić information content (AvgIpc) is 3.18. The SMILES string of the molecule is CCOC(=O)C1=C(O)/C(=C/c2cc(Br)c(OCc3cccc(F)c3)c(OC)c2)SC1=Nc1ccccc1. The van der Waals surface area contributed by atoms with Gasteiger partial charge in [-0.15, -0.1) is 0 Å². The lowest BCUT2D eigenvalue weighted by Gasteiger charge is -2.14. The molecule has 0 fully saturated rings. The van der Waals surface area contributed by atoms with E-state index < -0.39 is 5.97 Å². The Labute approximate surface area is 226 Å². The zero-order chi connectivity index (χ0) is 26.4. The predicted octanol–water partition coefficient (Wildman–Crippen LogP) is 7.37. The Morgan fingerprint density at radius 1 is 1.14 bits per heavy atom. The number of benzene rings is 3. The van der Waals surface area contributed by atoms with Gasteiger partial charge in [0.05, 0.1) is 28.8 Å². The third kappa shape index (κ3) is 6.42. The number of carbonyl (C=O) groups excluding carboxylic acids is 1. The van der Waals surface area contributed by atoms with Crippen molar-refractivity contribution in [2.75, 3.05) is 13.7 Å². The molecule has 0 bridgehead atoms. The number of aliphatic hydroxyl groups excluding tert-OH is 1. The number of nitrogens with zero attached hydrogens (tertiary/aromatic N) is 1. The molecule has 0 saturated heterocycles. The number of aliphatic imine (C=N–C) groups is 1. The van der Waals surface area contributed by atoms with Gasteiger partial charge in [0.2, 0.25) is 0 Å². The molecule has 1 aliphatic heterocycles. The predicted molar refractivity (Wildman–Crippen MR) is 147 cm³/mol. The molecule has 3 aromatic rings. The standard InChI is InChI=1S/C28H23BrFNO5S/c1-3-35-28(33)24-25(32)23(37-27(24)31-20-10-5-4-6-11-20)15-18-13-21(29)26(22(14-18)34-2)36-16-17-8-7-9-19(30)12-17/h4-15,32H,3,16H2,1-2H3/b23-15-,31-27?. The summed E-state index contributed by atoms with van der Waals surface area (Å²) in [6, 6.07) is 18.9. The van der Waals surface area contributed by atoms with Crippen LogP contribution >= 0.6 is 27.7 Å². The molecule has 0 amide bonds. The van der Waals surface area contributed by atoms with Crippen LogP contribution in [0.5, 0.6) is 11.5 Å². The number of hydrogen-bond donors (Lipinski definition) is 1. The summed E-state index contributed by atoms with van der Waals surface area (Å²) in [6.45, 7) is 2.01. The molecule has 0 aliphatic carbocycles. The Balaban J connectivity index is 1.66. The lowest BCUT2D eigenvalue weighted by atomic mass is 10.1. The van der Waals surface area contributed by atoms with E-state index in [1.165, 1.54) is 31.0 Å². The van der Waals surface area contributed by atoms with Crippen LogP contribution in [-0.4, -0.2) is 29.8 Å². The first-order chi connectivity index (χ1) is 17.9. The number of methoxy groups -OCH3 is 1. The van der Waals surface area contributed by atoms with Crippen LogP contribution < -0.4 is 9.47 Å². The lowest BCUT2D eigenvalue weighted by Crippen LogP contribution is -2.12. The first-order valence-electron chi connectivity index (χ1n) is 11.3. The maximum atomic E-state index is 13.5. The fraction of sp³-hybridized carbons (Fsp3) is 0.143. The van der Waals surface area contributed by atoms with Crippen LogP contribution in [0.2, 0.25) is 0 Å². The minimum Gasteiger partial charge on any atom is -0.506 e. The van der Waals surface area contributed by atoms with Crippen LogP contribution in [0.4, 0.5) is 10.1 Å². The number of ether oxygens (including phenoxy) is 3. The maximum Gasteiger partial charge on any atom is 0.344 e. The molecule has 6 nitrogen and oxygen atoms in total. The summed E-state index contributed by atoms with van der Waals surface area (Å²) in [5.74, 6) is -0.308. The fourth-order valence-electron chi connectivity index (χ4n) is 3.51. The molecule has 37 heavy (non-hydrogen) atoms. The highest BCUT2D eigenvalue weighted by molar-refractivity contribution is 9.10. The molecule has 0 radical (unpaired) electrons. The molecule has 0 atom stereocenters. The number of halogens is 2. The first kappa shape index (κ1) is 26.5. The molecule has 3 aromatic carbocycles. The molecule has 1 aliphatic rings. The first-order valence-corrected chi connectivity index (χ1v) is 12.9. The maximum absolute atomic E-state index is 13.5. The Hall–Kier alpha value is -3.56. The molecular formula is C28H23BrFNO5S. The van der Waals surface area contributed by atoms with Crippen molar-refractivity contribution >= 4 is 50.5 Å². The van der Waals surface area contributed by atoms with Crippen molar-refractivity contribution in [1.29, 1.82) is 0 Å². The van der Waals surface area contributed by atoms with Gasteiger partial charge < -0.3 is 19.3 Å². The van der Waals surface area contributed by atoms with E-state index in [0.717, 1.165) is 0 Å². The van der Waals surface area contributed by atoms with E-state index in [4.69, 9.17) is 14.2 Å². The van der Waals surface area contributed by atoms with Crippen molar-refractivity contribution in [3.63, 3.8) is 0 Å². The third-order valence-electron chi connectivity index (χ3n) is 5.18. The Bertz CT molecular complexity index is 1400. The molecule has 0 spiro atoms. The van der Waals surface area contributed by atoms with Gasteiger partial charge in [-0.05, 0) is 76.5 Å². The molecule has 0 unspecified atom stereocenters. The molecular weight excluding hydrogens is 561 g/mol. The third-order valence-corrected chi connectivity index (χ3v) is 6.79. The zero-order valence-corrected chi connectivity index (χ0v) is 22.4.